The van der Waals surface area contributed by atoms with Gasteiger partial charge in [-0.1, -0.05) is 23.7 Å². The zero-order valence-corrected chi connectivity index (χ0v) is 18.9. The molecule has 2 heterocycles. The number of ether oxygens (including phenoxy) is 2. The summed E-state index contributed by atoms with van der Waals surface area (Å²) < 4.78 is 14.4. The quantitative estimate of drug-likeness (QED) is 0.293. The summed E-state index contributed by atoms with van der Waals surface area (Å²) >= 11 is 6.06. The highest BCUT2D eigenvalue weighted by molar-refractivity contribution is 6.30. The number of methoxy groups -OCH3 is 2. The van der Waals surface area contributed by atoms with Gasteiger partial charge < -0.3 is 9.47 Å². The largest absolute Gasteiger partial charge is 0.497 e. The van der Waals surface area contributed by atoms with Crippen molar-refractivity contribution in [1.82, 2.24) is 14.1 Å². The standard InChI is InChI=1S/C26H21ClN4O2/c1-32-22-11-3-18(4-12-22)15-28-31-17-25(20-7-13-23(33-2)14-8-20)30-16-24(29-26(30)31)19-5-9-21(27)10-6-19/h3-17H,1-2H3. The lowest BCUT2D eigenvalue weighted by Crippen LogP contribution is -1.91. The second-order valence-corrected chi connectivity index (χ2v) is 7.84. The Morgan fingerprint density at radius 1 is 0.788 bits per heavy atom. The van der Waals surface area contributed by atoms with Crippen LogP contribution >= 0.6 is 11.6 Å². The minimum atomic E-state index is 0.690. The van der Waals surface area contributed by atoms with Crippen LogP contribution in [0, 0.1) is 0 Å². The number of nitrogens with zero attached hydrogens (tertiary/aromatic N) is 4. The summed E-state index contributed by atoms with van der Waals surface area (Å²) in [6.45, 7) is 0. The number of rotatable bonds is 6. The third-order valence-corrected chi connectivity index (χ3v) is 5.62. The van der Waals surface area contributed by atoms with Crippen molar-refractivity contribution in [3.05, 3.63) is 95.8 Å². The highest BCUT2D eigenvalue weighted by Crippen LogP contribution is 2.28. The molecule has 164 valence electrons. The molecule has 0 bridgehead atoms. The van der Waals surface area contributed by atoms with Crippen LogP contribution < -0.4 is 9.47 Å². The second kappa shape index (κ2) is 8.84. The van der Waals surface area contributed by atoms with Crippen LogP contribution in [0.4, 0.5) is 0 Å². The average molecular weight is 457 g/mol. The van der Waals surface area contributed by atoms with Crippen molar-refractivity contribution in [1.29, 1.82) is 0 Å². The van der Waals surface area contributed by atoms with E-state index >= 15 is 0 Å². The van der Waals surface area contributed by atoms with Gasteiger partial charge in [-0.25, -0.2) is 9.66 Å². The van der Waals surface area contributed by atoms with Crippen LogP contribution in [0.5, 0.6) is 11.5 Å². The molecule has 6 nitrogen and oxygen atoms in total. The van der Waals surface area contributed by atoms with E-state index in [9.17, 15) is 0 Å². The minimum absolute atomic E-state index is 0.690. The summed E-state index contributed by atoms with van der Waals surface area (Å²) in [6, 6.07) is 23.3. The van der Waals surface area contributed by atoms with Gasteiger partial charge >= 0.3 is 0 Å². The molecule has 0 saturated heterocycles. The summed E-state index contributed by atoms with van der Waals surface area (Å²) in [5.41, 5.74) is 4.77. The van der Waals surface area contributed by atoms with E-state index in [1.165, 1.54) is 0 Å². The Kier molecular flexibility index (Phi) is 5.59. The van der Waals surface area contributed by atoms with E-state index in [-0.39, 0.29) is 0 Å². The lowest BCUT2D eigenvalue weighted by Gasteiger charge is -2.02. The monoisotopic (exact) mass is 456 g/mol. The summed E-state index contributed by atoms with van der Waals surface area (Å²) in [7, 11) is 3.31. The normalized spacial score (nSPS) is 11.4. The fourth-order valence-corrected chi connectivity index (χ4v) is 3.71. The molecule has 0 saturated carbocycles. The van der Waals surface area contributed by atoms with Gasteiger partial charge in [-0.15, -0.1) is 0 Å². The van der Waals surface area contributed by atoms with Gasteiger partial charge in [0.1, 0.15) is 11.5 Å². The molecule has 7 heteroatoms. The number of imidazole rings is 2. The van der Waals surface area contributed by atoms with E-state index in [0.717, 1.165) is 39.6 Å². The van der Waals surface area contributed by atoms with Crippen LogP contribution in [0.2, 0.25) is 5.02 Å². The van der Waals surface area contributed by atoms with Crippen molar-refractivity contribution in [2.75, 3.05) is 14.2 Å². The highest BCUT2D eigenvalue weighted by Gasteiger charge is 2.15. The third kappa shape index (κ3) is 4.21. The summed E-state index contributed by atoms with van der Waals surface area (Å²) in [4.78, 5) is 4.86. The number of hydrogen-bond donors (Lipinski definition) is 0. The van der Waals surface area contributed by atoms with Crippen LogP contribution in [0.1, 0.15) is 5.56 Å². The minimum Gasteiger partial charge on any atom is -0.497 e. The van der Waals surface area contributed by atoms with Crippen LogP contribution in [0.25, 0.3) is 28.3 Å². The predicted molar refractivity (Wildman–Crippen MR) is 132 cm³/mol. The van der Waals surface area contributed by atoms with E-state index < -0.39 is 0 Å². The third-order valence-electron chi connectivity index (χ3n) is 5.37. The summed E-state index contributed by atoms with van der Waals surface area (Å²) in [5, 5.41) is 5.37. The molecule has 0 N–H and O–H groups in total. The molecule has 0 fully saturated rings. The topological polar surface area (TPSA) is 53.0 Å². The van der Waals surface area contributed by atoms with E-state index in [2.05, 4.69) is 5.10 Å². The lowest BCUT2D eigenvalue weighted by atomic mass is 10.1. The fraction of sp³-hybridized carbons (Fsp3) is 0.0769. The van der Waals surface area contributed by atoms with Crippen molar-refractivity contribution >= 4 is 23.6 Å². The molecule has 0 atom stereocenters. The lowest BCUT2D eigenvalue weighted by molar-refractivity contribution is 0.414. The van der Waals surface area contributed by atoms with E-state index in [1.807, 2.05) is 89.6 Å². The summed E-state index contributed by atoms with van der Waals surface area (Å²) in [6.07, 6.45) is 5.78. The Hall–Kier alpha value is -4.03. The molecule has 0 aliphatic heterocycles. The SMILES string of the molecule is COc1ccc(C=Nn2cc(-c3ccc(OC)cc3)n3cc(-c4ccc(Cl)cc4)nc23)cc1. The molecular formula is C26H21ClN4O2. The van der Waals surface area contributed by atoms with Gasteiger partial charge in [-0.3, -0.25) is 4.40 Å². The number of benzene rings is 3. The molecule has 5 aromatic rings. The average Bonchev–Trinajstić information content (AvgIpc) is 3.43. The first-order valence-corrected chi connectivity index (χ1v) is 10.7. The molecule has 0 radical (unpaired) electrons. The van der Waals surface area contributed by atoms with Crippen molar-refractivity contribution in [2.45, 2.75) is 0 Å². The first kappa shape index (κ1) is 20.8. The van der Waals surface area contributed by atoms with Crippen LogP contribution in [0.3, 0.4) is 0 Å². The van der Waals surface area contributed by atoms with Crippen molar-refractivity contribution in [3.63, 3.8) is 0 Å². The van der Waals surface area contributed by atoms with Gasteiger partial charge in [0.15, 0.2) is 0 Å². The van der Waals surface area contributed by atoms with Crippen LogP contribution in [0.15, 0.2) is 90.3 Å². The van der Waals surface area contributed by atoms with Gasteiger partial charge in [0, 0.05) is 22.3 Å². The highest BCUT2D eigenvalue weighted by atomic mass is 35.5. The van der Waals surface area contributed by atoms with Crippen LogP contribution in [-0.2, 0) is 0 Å². The molecule has 33 heavy (non-hydrogen) atoms. The molecule has 0 amide bonds. The van der Waals surface area contributed by atoms with Crippen molar-refractivity contribution in [2.24, 2.45) is 5.10 Å². The molecule has 0 spiro atoms. The first-order valence-electron chi connectivity index (χ1n) is 10.3. The van der Waals surface area contributed by atoms with E-state index in [4.69, 9.17) is 26.1 Å². The van der Waals surface area contributed by atoms with Gasteiger partial charge in [0.2, 0.25) is 5.78 Å². The zero-order valence-electron chi connectivity index (χ0n) is 18.1. The van der Waals surface area contributed by atoms with Gasteiger partial charge in [-0.2, -0.15) is 5.10 Å². The molecule has 3 aromatic carbocycles. The van der Waals surface area contributed by atoms with Gasteiger partial charge in [0.05, 0.1) is 38.0 Å². The van der Waals surface area contributed by atoms with Crippen molar-refractivity contribution in [3.8, 4) is 34.0 Å². The molecule has 5 rings (SSSR count). The number of halogens is 1. The van der Waals surface area contributed by atoms with E-state index in [1.54, 1.807) is 25.1 Å². The Morgan fingerprint density at radius 3 is 2.03 bits per heavy atom. The number of fused-ring (bicyclic) bond motifs is 1. The smallest absolute Gasteiger partial charge is 0.236 e. The number of hydrogen-bond acceptors (Lipinski definition) is 4. The maximum Gasteiger partial charge on any atom is 0.236 e. The maximum atomic E-state index is 6.06. The molecule has 0 unspecified atom stereocenters. The Labute approximate surface area is 196 Å². The van der Waals surface area contributed by atoms with Crippen LogP contribution in [-0.4, -0.2) is 34.5 Å². The summed E-state index contributed by atoms with van der Waals surface area (Å²) in [5.74, 6) is 2.31. The van der Waals surface area contributed by atoms with Crippen molar-refractivity contribution < 1.29 is 9.47 Å². The first-order chi connectivity index (χ1) is 16.1. The molecule has 0 aliphatic carbocycles. The van der Waals surface area contributed by atoms with E-state index in [0.29, 0.717) is 10.8 Å². The Bertz CT molecular complexity index is 1420. The Morgan fingerprint density at radius 2 is 1.39 bits per heavy atom. The molecular weight excluding hydrogens is 436 g/mol. The van der Waals surface area contributed by atoms with Gasteiger partial charge in [-0.05, 0) is 66.2 Å². The van der Waals surface area contributed by atoms with Gasteiger partial charge in [0.25, 0.3) is 0 Å². The second-order valence-electron chi connectivity index (χ2n) is 7.41. The maximum absolute atomic E-state index is 6.06. The molecule has 0 aliphatic rings. The zero-order chi connectivity index (χ0) is 22.8. The molecule has 2 aromatic heterocycles. The Balaban J connectivity index is 1.60. The number of aromatic nitrogens is 3. The predicted octanol–water partition coefficient (Wildman–Crippen LogP) is 6.02. The fourth-order valence-electron chi connectivity index (χ4n) is 3.58.